The molecule has 0 nitrogen and oxygen atoms in total. The summed E-state index contributed by atoms with van der Waals surface area (Å²) in [6.45, 7) is 1.92. The van der Waals surface area contributed by atoms with E-state index in [2.05, 4.69) is 9.24 Å². The molecular formula is CH5CoNiP. The molecular weight excluding hydrogens is 161 g/mol. The third kappa shape index (κ3) is 9.90. The van der Waals surface area contributed by atoms with Crippen LogP contribution in [0.15, 0.2) is 0 Å². The second-order valence-corrected chi connectivity index (χ2v) is 0. The van der Waals surface area contributed by atoms with Crippen LogP contribution in [0, 0.1) is 0 Å². The summed E-state index contributed by atoms with van der Waals surface area (Å²) in [7, 11) is 2.42. The number of rotatable bonds is 0. The average Bonchev–Trinajstić information content (AvgIpc) is 1.00. The molecule has 0 aromatic rings. The largest absolute Gasteiger partial charge is 0.141 e. The van der Waals surface area contributed by atoms with E-state index in [1.54, 1.807) is 0 Å². The number of hydrogen-bond acceptors (Lipinski definition) is 0. The Hall–Kier alpha value is 1.43. The fraction of sp³-hybridized carbons (Fsp3) is 1.00. The maximum absolute atomic E-state index is 2.42. The Bertz CT molecular complexity index is 8.00. The first-order valence-corrected chi connectivity index (χ1v) is 1.73. The van der Waals surface area contributed by atoms with Crippen LogP contribution in [0.25, 0.3) is 0 Å². The summed E-state index contributed by atoms with van der Waals surface area (Å²) in [6.07, 6.45) is 0. The van der Waals surface area contributed by atoms with E-state index in [9.17, 15) is 0 Å². The standard InChI is InChI=1S/CH5P.Co.Ni/c1-2;;/h2H2,1H3;;. The predicted molar refractivity (Wildman–Crippen MR) is 15.6 cm³/mol. The summed E-state index contributed by atoms with van der Waals surface area (Å²) in [4.78, 5) is 0. The van der Waals surface area contributed by atoms with Crippen molar-refractivity contribution < 1.29 is 33.3 Å². The van der Waals surface area contributed by atoms with E-state index in [0.717, 1.165) is 0 Å². The van der Waals surface area contributed by atoms with Crippen molar-refractivity contribution >= 4 is 9.24 Å². The van der Waals surface area contributed by atoms with Gasteiger partial charge in [0, 0.05) is 33.3 Å². The van der Waals surface area contributed by atoms with E-state index in [-0.39, 0.29) is 33.3 Å². The van der Waals surface area contributed by atoms with E-state index in [0.29, 0.717) is 0 Å². The summed E-state index contributed by atoms with van der Waals surface area (Å²) in [5.41, 5.74) is 0. The van der Waals surface area contributed by atoms with E-state index in [1.807, 2.05) is 6.66 Å². The second kappa shape index (κ2) is 25.5. The van der Waals surface area contributed by atoms with Crippen LogP contribution in [0.5, 0.6) is 0 Å². The zero-order valence-electron chi connectivity index (χ0n) is 2.23. The van der Waals surface area contributed by atoms with Crippen LogP contribution in [-0.4, -0.2) is 6.66 Å². The molecule has 33 valence electrons. The molecule has 4 heavy (non-hydrogen) atoms. The van der Waals surface area contributed by atoms with Crippen LogP contribution in [0.4, 0.5) is 0 Å². The van der Waals surface area contributed by atoms with Crippen LogP contribution in [0.3, 0.4) is 0 Å². The number of hydrogen-bond donors (Lipinski definition) is 0. The van der Waals surface area contributed by atoms with Crippen molar-refractivity contribution in [2.45, 2.75) is 0 Å². The maximum atomic E-state index is 2.42. The van der Waals surface area contributed by atoms with Gasteiger partial charge in [0.05, 0.1) is 0 Å². The smallest absolute Gasteiger partial charge is 0 e. The van der Waals surface area contributed by atoms with Gasteiger partial charge in [-0.3, -0.25) is 0 Å². The molecule has 0 rings (SSSR count). The topological polar surface area (TPSA) is 0 Å². The van der Waals surface area contributed by atoms with Gasteiger partial charge in [-0.05, 0) is 0 Å². The Morgan fingerprint density at radius 2 is 1.25 bits per heavy atom. The minimum Gasteiger partial charge on any atom is -0.141 e. The molecule has 0 fully saturated rings. The molecule has 1 unspecified atom stereocenters. The Balaban J connectivity index is -0.00000000500. The predicted octanol–water partition coefficient (Wildman–Crippen LogP) is 0.486. The van der Waals surface area contributed by atoms with Crippen LogP contribution < -0.4 is 0 Å². The molecule has 3 heteroatoms. The van der Waals surface area contributed by atoms with Gasteiger partial charge < -0.3 is 0 Å². The molecule has 0 aliphatic heterocycles. The summed E-state index contributed by atoms with van der Waals surface area (Å²) >= 11 is 0. The third-order valence-corrected chi connectivity index (χ3v) is 0. The molecule has 0 saturated heterocycles. The van der Waals surface area contributed by atoms with Crippen molar-refractivity contribution in [2.75, 3.05) is 6.66 Å². The Labute approximate surface area is 49.4 Å². The summed E-state index contributed by atoms with van der Waals surface area (Å²) in [5, 5.41) is 0. The van der Waals surface area contributed by atoms with Gasteiger partial charge in [-0.2, -0.15) is 0 Å². The molecule has 0 heterocycles. The summed E-state index contributed by atoms with van der Waals surface area (Å²) in [6, 6.07) is 0. The molecule has 0 bridgehead atoms. The van der Waals surface area contributed by atoms with E-state index >= 15 is 0 Å². The van der Waals surface area contributed by atoms with Crippen LogP contribution in [-0.2, 0) is 33.3 Å². The SMILES string of the molecule is CP.[Co].[Ni]. The van der Waals surface area contributed by atoms with Crippen molar-refractivity contribution in [1.82, 2.24) is 0 Å². The van der Waals surface area contributed by atoms with Crippen molar-refractivity contribution in [1.29, 1.82) is 0 Å². The van der Waals surface area contributed by atoms with Crippen LogP contribution >= 0.6 is 9.24 Å². The molecule has 0 saturated carbocycles. The molecule has 0 spiro atoms. The first-order chi connectivity index (χ1) is 1.00. The van der Waals surface area contributed by atoms with Crippen molar-refractivity contribution in [2.24, 2.45) is 0 Å². The second-order valence-electron chi connectivity index (χ2n) is 0. The molecule has 0 amide bonds. The molecule has 0 N–H and O–H groups in total. The van der Waals surface area contributed by atoms with Gasteiger partial charge in [0.15, 0.2) is 0 Å². The van der Waals surface area contributed by atoms with E-state index in [4.69, 9.17) is 0 Å². The van der Waals surface area contributed by atoms with Gasteiger partial charge in [0.2, 0.25) is 0 Å². The van der Waals surface area contributed by atoms with Crippen molar-refractivity contribution in [3.05, 3.63) is 0 Å². The van der Waals surface area contributed by atoms with E-state index < -0.39 is 0 Å². The van der Waals surface area contributed by atoms with Gasteiger partial charge in [-0.15, -0.1) is 9.24 Å². The molecule has 1 atom stereocenters. The minimum atomic E-state index is 0. The molecule has 0 aliphatic carbocycles. The van der Waals surface area contributed by atoms with E-state index in [1.165, 1.54) is 0 Å². The van der Waals surface area contributed by atoms with Crippen molar-refractivity contribution in [3.8, 4) is 0 Å². The average molecular weight is 166 g/mol. The van der Waals surface area contributed by atoms with Gasteiger partial charge in [-0.1, -0.05) is 6.66 Å². The van der Waals surface area contributed by atoms with Gasteiger partial charge in [0.1, 0.15) is 0 Å². The normalized spacial score (nSPS) is 1.50. The fourth-order valence-corrected chi connectivity index (χ4v) is 0. The molecule has 1 radical (unpaired) electrons. The monoisotopic (exact) mass is 165 g/mol. The quantitative estimate of drug-likeness (QED) is 0.362. The zero-order chi connectivity index (χ0) is 2.00. The third-order valence-electron chi connectivity index (χ3n) is 0. The minimum absolute atomic E-state index is 0. The van der Waals surface area contributed by atoms with Crippen LogP contribution in [0.2, 0.25) is 0 Å². The summed E-state index contributed by atoms with van der Waals surface area (Å²) in [5.74, 6) is 0. The maximum Gasteiger partial charge on any atom is 0 e. The van der Waals surface area contributed by atoms with Crippen molar-refractivity contribution in [3.63, 3.8) is 0 Å². The zero-order valence-corrected chi connectivity index (χ0v) is 5.41. The van der Waals surface area contributed by atoms with Gasteiger partial charge in [0.25, 0.3) is 0 Å². The molecule has 0 aromatic heterocycles. The van der Waals surface area contributed by atoms with Gasteiger partial charge in [-0.25, -0.2) is 0 Å². The molecule has 0 aliphatic rings. The Morgan fingerprint density at radius 3 is 1.25 bits per heavy atom. The Kier molecular flexibility index (Phi) is 115. The summed E-state index contributed by atoms with van der Waals surface area (Å²) < 4.78 is 0. The van der Waals surface area contributed by atoms with Crippen LogP contribution in [0.1, 0.15) is 0 Å². The Morgan fingerprint density at radius 1 is 1.25 bits per heavy atom. The first-order valence-electron chi connectivity index (χ1n) is 0.577. The van der Waals surface area contributed by atoms with Gasteiger partial charge >= 0.3 is 0 Å². The molecule has 0 aromatic carbocycles. The fourth-order valence-electron chi connectivity index (χ4n) is 0. The first kappa shape index (κ1) is 18.0.